The molecule has 0 aliphatic carbocycles. The second-order valence-corrected chi connectivity index (χ2v) is 4.93. The number of carboxylic acids is 1. The lowest BCUT2D eigenvalue weighted by Gasteiger charge is -2.15. The van der Waals surface area contributed by atoms with Crippen molar-refractivity contribution < 1.29 is 19.8 Å². The molecule has 20 heavy (non-hydrogen) atoms. The molecule has 6 heteroatoms. The van der Waals surface area contributed by atoms with Crippen LogP contribution in [0.2, 0.25) is 0 Å². The Kier molecular flexibility index (Phi) is 5.99. The van der Waals surface area contributed by atoms with Gasteiger partial charge in [0, 0.05) is 13.0 Å². The van der Waals surface area contributed by atoms with E-state index in [2.05, 4.69) is 5.32 Å². The van der Waals surface area contributed by atoms with Gasteiger partial charge in [0.2, 0.25) is 5.91 Å². The highest BCUT2D eigenvalue weighted by Crippen LogP contribution is 2.11. The minimum atomic E-state index is -0.889. The molecule has 0 aromatic heterocycles. The number of phenolic OH excluding ortho intramolecular Hbond substituents is 1. The highest BCUT2D eigenvalue weighted by atomic mass is 16.4. The molecule has 0 spiro atoms. The van der Waals surface area contributed by atoms with E-state index in [-0.39, 0.29) is 30.5 Å². The SMILES string of the molecule is CC(CNC(=O)[C@H](N)Cc1ccc(O)cc1)CC(=O)O. The van der Waals surface area contributed by atoms with Crippen LogP contribution in [-0.2, 0) is 16.0 Å². The van der Waals surface area contributed by atoms with E-state index < -0.39 is 12.0 Å². The van der Waals surface area contributed by atoms with Crippen LogP contribution in [0.5, 0.6) is 5.75 Å². The third-order valence-electron chi connectivity index (χ3n) is 2.88. The van der Waals surface area contributed by atoms with Crippen LogP contribution in [0.4, 0.5) is 0 Å². The van der Waals surface area contributed by atoms with E-state index in [0.29, 0.717) is 6.42 Å². The Morgan fingerprint density at radius 2 is 1.90 bits per heavy atom. The fraction of sp³-hybridized carbons (Fsp3) is 0.429. The largest absolute Gasteiger partial charge is 0.508 e. The first kappa shape index (κ1) is 16.0. The molecule has 0 radical (unpaired) electrons. The van der Waals surface area contributed by atoms with Crippen molar-refractivity contribution in [2.45, 2.75) is 25.8 Å². The molecule has 110 valence electrons. The van der Waals surface area contributed by atoms with Crippen LogP contribution in [0.1, 0.15) is 18.9 Å². The Morgan fingerprint density at radius 1 is 1.30 bits per heavy atom. The van der Waals surface area contributed by atoms with Gasteiger partial charge in [0.25, 0.3) is 0 Å². The number of rotatable bonds is 7. The summed E-state index contributed by atoms with van der Waals surface area (Å²) in [5, 5.41) is 20.4. The van der Waals surface area contributed by atoms with Gasteiger partial charge in [-0.15, -0.1) is 0 Å². The first-order valence-corrected chi connectivity index (χ1v) is 6.41. The number of carbonyl (C=O) groups is 2. The number of benzene rings is 1. The van der Waals surface area contributed by atoms with Gasteiger partial charge in [-0.1, -0.05) is 19.1 Å². The summed E-state index contributed by atoms with van der Waals surface area (Å²) in [5.41, 5.74) is 6.63. The van der Waals surface area contributed by atoms with E-state index in [1.165, 1.54) is 12.1 Å². The first-order valence-electron chi connectivity index (χ1n) is 6.41. The van der Waals surface area contributed by atoms with Gasteiger partial charge in [-0.25, -0.2) is 0 Å². The minimum Gasteiger partial charge on any atom is -0.508 e. The summed E-state index contributed by atoms with van der Waals surface area (Å²) in [7, 11) is 0. The summed E-state index contributed by atoms with van der Waals surface area (Å²) in [5.74, 6) is -1.18. The van der Waals surface area contributed by atoms with Crippen molar-refractivity contribution in [3.63, 3.8) is 0 Å². The predicted octanol–water partition coefficient (Wildman–Crippen LogP) is 0.489. The van der Waals surface area contributed by atoms with Crippen LogP contribution in [0, 0.1) is 5.92 Å². The number of amides is 1. The van der Waals surface area contributed by atoms with Gasteiger partial charge in [-0.3, -0.25) is 9.59 Å². The second kappa shape index (κ2) is 7.49. The maximum Gasteiger partial charge on any atom is 0.303 e. The van der Waals surface area contributed by atoms with E-state index in [1.54, 1.807) is 19.1 Å². The van der Waals surface area contributed by atoms with Crippen molar-refractivity contribution >= 4 is 11.9 Å². The van der Waals surface area contributed by atoms with Crippen LogP contribution in [0.3, 0.4) is 0 Å². The highest BCUT2D eigenvalue weighted by molar-refractivity contribution is 5.81. The lowest BCUT2D eigenvalue weighted by molar-refractivity contribution is -0.138. The summed E-state index contributed by atoms with van der Waals surface area (Å²) < 4.78 is 0. The molecule has 0 saturated carbocycles. The lowest BCUT2D eigenvalue weighted by Crippen LogP contribution is -2.43. The average molecular weight is 280 g/mol. The number of nitrogens with one attached hydrogen (secondary N) is 1. The van der Waals surface area contributed by atoms with Gasteiger partial charge in [-0.2, -0.15) is 0 Å². The van der Waals surface area contributed by atoms with E-state index in [4.69, 9.17) is 15.9 Å². The second-order valence-electron chi connectivity index (χ2n) is 4.93. The minimum absolute atomic E-state index is 0.00742. The number of aliphatic carboxylic acids is 1. The summed E-state index contributed by atoms with van der Waals surface area (Å²) in [6.45, 7) is 2.04. The molecule has 0 aliphatic rings. The van der Waals surface area contributed by atoms with Crippen molar-refractivity contribution in [1.29, 1.82) is 0 Å². The number of aromatic hydroxyl groups is 1. The number of hydrogen-bond acceptors (Lipinski definition) is 4. The van der Waals surface area contributed by atoms with Crippen molar-refractivity contribution in [2.75, 3.05) is 6.54 Å². The zero-order chi connectivity index (χ0) is 15.1. The smallest absolute Gasteiger partial charge is 0.303 e. The molecule has 2 atom stereocenters. The molecule has 0 bridgehead atoms. The van der Waals surface area contributed by atoms with Gasteiger partial charge in [0.15, 0.2) is 0 Å². The molecule has 0 aliphatic heterocycles. The van der Waals surface area contributed by atoms with Crippen LogP contribution < -0.4 is 11.1 Å². The monoisotopic (exact) mass is 280 g/mol. The summed E-state index contributed by atoms with van der Waals surface area (Å²) in [6, 6.07) is 5.78. The third kappa shape index (κ3) is 5.71. The van der Waals surface area contributed by atoms with E-state index >= 15 is 0 Å². The van der Waals surface area contributed by atoms with Gasteiger partial charge in [0.05, 0.1) is 6.04 Å². The fourth-order valence-corrected chi connectivity index (χ4v) is 1.75. The topological polar surface area (TPSA) is 113 Å². The maximum atomic E-state index is 11.8. The van der Waals surface area contributed by atoms with Gasteiger partial charge in [0.1, 0.15) is 5.75 Å². The summed E-state index contributed by atoms with van der Waals surface area (Å²) >= 11 is 0. The van der Waals surface area contributed by atoms with Gasteiger partial charge in [-0.05, 0) is 30.0 Å². The van der Waals surface area contributed by atoms with E-state index in [9.17, 15) is 9.59 Å². The Balaban J connectivity index is 2.39. The lowest BCUT2D eigenvalue weighted by atomic mass is 10.0. The molecule has 0 fully saturated rings. The molecular weight excluding hydrogens is 260 g/mol. The molecule has 1 aromatic rings. The maximum absolute atomic E-state index is 11.8. The van der Waals surface area contributed by atoms with Gasteiger partial charge < -0.3 is 21.3 Å². The zero-order valence-corrected chi connectivity index (χ0v) is 11.4. The molecule has 0 saturated heterocycles. The Bertz CT molecular complexity index is 459. The van der Waals surface area contributed by atoms with E-state index in [0.717, 1.165) is 5.56 Å². The highest BCUT2D eigenvalue weighted by Gasteiger charge is 2.15. The molecule has 1 amide bonds. The summed E-state index contributed by atoms with van der Waals surface area (Å²) in [4.78, 5) is 22.3. The Labute approximate surface area is 117 Å². The summed E-state index contributed by atoms with van der Waals surface area (Å²) in [6.07, 6.45) is 0.368. The number of hydrogen-bond donors (Lipinski definition) is 4. The number of carbonyl (C=O) groups excluding carboxylic acids is 1. The third-order valence-corrected chi connectivity index (χ3v) is 2.88. The molecule has 1 aromatic carbocycles. The molecule has 5 N–H and O–H groups in total. The van der Waals surface area contributed by atoms with Crippen molar-refractivity contribution in [3.8, 4) is 5.75 Å². The van der Waals surface area contributed by atoms with Crippen LogP contribution in [0.15, 0.2) is 24.3 Å². The van der Waals surface area contributed by atoms with Gasteiger partial charge >= 0.3 is 5.97 Å². The van der Waals surface area contributed by atoms with E-state index in [1.807, 2.05) is 0 Å². The van der Waals surface area contributed by atoms with Crippen LogP contribution in [0.25, 0.3) is 0 Å². The molecule has 0 heterocycles. The first-order chi connectivity index (χ1) is 9.38. The van der Waals surface area contributed by atoms with Crippen molar-refractivity contribution in [3.05, 3.63) is 29.8 Å². The number of phenols is 1. The Morgan fingerprint density at radius 3 is 2.45 bits per heavy atom. The predicted molar refractivity (Wildman–Crippen MR) is 74.2 cm³/mol. The quantitative estimate of drug-likeness (QED) is 0.580. The molecule has 6 nitrogen and oxygen atoms in total. The molecule has 1 rings (SSSR count). The number of nitrogens with two attached hydrogens (primary N) is 1. The number of carboxylic acid groups (broad SMARTS) is 1. The normalized spacial score (nSPS) is 13.5. The van der Waals surface area contributed by atoms with Crippen molar-refractivity contribution in [1.82, 2.24) is 5.32 Å². The van der Waals surface area contributed by atoms with Crippen LogP contribution in [-0.4, -0.2) is 34.7 Å². The van der Waals surface area contributed by atoms with Crippen molar-refractivity contribution in [2.24, 2.45) is 11.7 Å². The Hall–Kier alpha value is -2.08. The fourth-order valence-electron chi connectivity index (χ4n) is 1.75. The molecule has 1 unspecified atom stereocenters. The average Bonchev–Trinajstić information content (AvgIpc) is 2.37. The van der Waals surface area contributed by atoms with Crippen LogP contribution >= 0.6 is 0 Å². The molecular formula is C14H20N2O4. The standard InChI is InChI=1S/C14H20N2O4/c1-9(6-13(18)19)8-16-14(20)12(15)7-10-2-4-11(17)5-3-10/h2-5,9,12,17H,6-8,15H2,1H3,(H,16,20)(H,18,19)/t9?,12-/m1/s1. The zero-order valence-electron chi connectivity index (χ0n) is 11.4.